The van der Waals surface area contributed by atoms with Gasteiger partial charge in [-0.2, -0.15) is 0 Å². The van der Waals surface area contributed by atoms with E-state index in [0.29, 0.717) is 0 Å². The van der Waals surface area contributed by atoms with Crippen molar-refractivity contribution < 1.29 is 4.92 Å². The Kier molecular flexibility index (Phi) is 3.33. The second-order valence-electron chi connectivity index (χ2n) is 4.61. The van der Waals surface area contributed by atoms with Crippen molar-refractivity contribution in [3.8, 4) is 0 Å². The molecule has 6 heteroatoms. The molecule has 0 N–H and O–H groups in total. The van der Waals surface area contributed by atoms with E-state index >= 15 is 0 Å². The highest BCUT2D eigenvalue weighted by molar-refractivity contribution is 9.09. The second-order valence-corrected chi connectivity index (χ2v) is 5.17. The van der Waals surface area contributed by atoms with Crippen LogP contribution in [0.25, 0.3) is 0 Å². The number of halogens is 1. The van der Waals surface area contributed by atoms with Gasteiger partial charge in [-0.3, -0.25) is 14.9 Å². The summed E-state index contributed by atoms with van der Waals surface area (Å²) in [5.41, 5.74) is -0.688. The van der Waals surface area contributed by atoms with Gasteiger partial charge in [0.15, 0.2) is 0 Å². The van der Waals surface area contributed by atoms with Gasteiger partial charge in [-0.25, -0.2) is 0 Å². The molecule has 5 nitrogen and oxygen atoms in total. The minimum Gasteiger partial charge on any atom is -0.347 e. The average molecular weight is 301 g/mol. The molecule has 1 heterocycles. The molecule has 0 spiro atoms. The first-order valence-electron chi connectivity index (χ1n) is 5.47. The predicted octanol–water partition coefficient (Wildman–Crippen LogP) is 2.32. The van der Waals surface area contributed by atoms with Gasteiger partial charge in [0.2, 0.25) is 0 Å². The largest absolute Gasteiger partial charge is 0.347 e. The van der Waals surface area contributed by atoms with Gasteiger partial charge < -0.3 is 4.57 Å². The van der Waals surface area contributed by atoms with Crippen LogP contribution in [-0.2, 0) is 6.54 Å². The number of nitrogens with zero attached hydrogens (tertiary/aromatic N) is 2. The topological polar surface area (TPSA) is 65.1 Å². The molecule has 1 aliphatic carbocycles. The Hall–Kier alpha value is -1.17. The molecule has 1 aromatic rings. The normalized spacial score (nSPS) is 17.5. The van der Waals surface area contributed by atoms with Crippen molar-refractivity contribution >= 4 is 21.6 Å². The third-order valence-corrected chi connectivity index (χ3v) is 4.56. The number of alkyl halides is 1. The van der Waals surface area contributed by atoms with Crippen molar-refractivity contribution in [2.24, 2.45) is 5.41 Å². The summed E-state index contributed by atoms with van der Waals surface area (Å²) in [5.74, 6) is 0. The summed E-state index contributed by atoms with van der Waals surface area (Å²) in [6, 6.07) is 1.26. The van der Waals surface area contributed by atoms with Crippen LogP contribution in [0.15, 0.2) is 23.3 Å². The van der Waals surface area contributed by atoms with Crippen molar-refractivity contribution in [2.45, 2.75) is 25.8 Å². The first kappa shape index (κ1) is 12.3. The van der Waals surface area contributed by atoms with E-state index in [1.165, 1.54) is 18.7 Å². The van der Waals surface area contributed by atoms with Crippen molar-refractivity contribution in [1.82, 2.24) is 4.57 Å². The summed E-state index contributed by atoms with van der Waals surface area (Å²) in [7, 11) is 0. The molecule has 92 valence electrons. The fourth-order valence-electron chi connectivity index (χ4n) is 2.15. The molecule has 0 aliphatic heterocycles. The van der Waals surface area contributed by atoms with Crippen molar-refractivity contribution in [3.05, 3.63) is 38.8 Å². The molecule has 0 saturated heterocycles. The van der Waals surface area contributed by atoms with Crippen molar-refractivity contribution in [1.29, 1.82) is 0 Å². The first-order chi connectivity index (χ1) is 8.06. The molecule has 1 fully saturated rings. The van der Waals surface area contributed by atoms with Crippen LogP contribution in [0.2, 0.25) is 0 Å². The molecule has 2 rings (SSSR count). The first-order valence-corrected chi connectivity index (χ1v) is 6.59. The Morgan fingerprint density at radius 1 is 1.53 bits per heavy atom. The van der Waals surface area contributed by atoms with Crippen LogP contribution < -0.4 is 5.43 Å². The highest BCUT2D eigenvalue weighted by Gasteiger charge is 2.36. The van der Waals surface area contributed by atoms with Gasteiger partial charge in [0.1, 0.15) is 0 Å². The summed E-state index contributed by atoms with van der Waals surface area (Å²) in [6.07, 6.45) is 6.41. The smallest absolute Gasteiger partial charge is 0.332 e. The maximum Gasteiger partial charge on any atom is 0.332 e. The SMILES string of the molecule is O=c1ccn(CC2(CBr)CCC2)cc1[N+](=O)[O-]. The molecule has 0 bridgehead atoms. The molecule has 0 atom stereocenters. The minimum absolute atomic E-state index is 0.197. The molecule has 0 unspecified atom stereocenters. The summed E-state index contributed by atoms with van der Waals surface area (Å²) < 4.78 is 1.75. The molecule has 0 radical (unpaired) electrons. The Morgan fingerprint density at radius 3 is 2.71 bits per heavy atom. The lowest BCUT2D eigenvalue weighted by Gasteiger charge is -2.41. The Bertz CT molecular complexity index is 488. The van der Waals surface area contributed by atoms with Gasteiger partial charge in [0, 0.05) is 24.1 Å². The van der Waals surface area contributed by atoms with Crippen LogP contribution in [0.4, 0.5) is 5.69 Å². The molecule has 1 aliphatic rings. The quantitative estimate of drug-likeness (QED) is 0.487. The van der Waals surface area contributed by atoms with Crippen LogP contribution in [0.3, 0.4) is 0 Å². The van der Waals surface area contributed by atoms with Crippen LogP contribution in [0, 0.1) is 15.5 Å². The summed E-state index contributed by atoms with van der Waals surface area (Å²) in [6.45, 7) is 0.722. The fraction of sp³-hybridized carbons (Fsp3) is 0.545. The van der Waals surface area contributed by atoms with E-state index in [-0.39, 0.29) is 11.1 Å². The standard InChI is InChI=1S/C11H13BrN2O3/c12-7-11(3-1-4-11)8-13-5-2-10(15)9(6-13)14(16)17/h2,5-6H,1,3-4,7-8H2. The number of rotatable bonds is 4. The Labute approximate surface area is 107 Å². The average Bonchev–Trinajstić information content (AvgIpc) is 2.25. The lowest BCUT2D eigenvalue weighted by molar-refractivity contribution is -0.386. The Morgan fingerprint density at radius 2 is 2.24 bits per heavy atom. The molecule has 0 amide bonds. The van der Waals surface area contributed by atoms with E-state index in [0.717, 1.165) is 24.7 Å². The van der Waals surface area contributed by atoms with Gasteiger partial charge in [-0.05, 0) is 18.3 Å². The minimum atomic E-state index is -0.625. The lowest BCUT2D eigenvalue weighted by Crippen LogP contribution is -2.35. The molecule has 17 heavy (non-hydrogen) atoms. The van der Waals surface area contributed by atoms with Crippen molar-refractivity contribution in [2.75, 3.05) is 5.33 Å². The van der Waals surface area contributed by atoms with E-state index < -0.39 is 10.4 Å². The zero-order chi connectivity index (χ0) is 12.5. The van der Waals surface area contributed by atoms with Crippen LogP contribution >= 0.6 is 15.9 Å². The third kappa shape index (κ3) is 2.41. The van der Waals surface area contributed by atoms with E-state index in [2.05, 4.69) is 15.9 Å². The number of pyridine rings is 1. The third-order valence-electron chi connectivity index (χ3n) is 3.37. The van der Waals surface area contributed by atoms with Gasteiger partial charge >= 0.3 is 5.69 Å². The zero-order valence-corrected chi connectivity index (χ0v) is 10.9. The summed E-state index contributed by atoms with van der Waals surface area (Å²) in [5, 5.41) is 11.6. The number of aromatic nitrogens is 1. The van der Waals surface area contributed by atoms with Crippen molar-refractivity contribution in [3.63, 3.8) is 0 Å². The van der Waals surface area contributed by atoms with Crippen LogP contribution in [0.5, 0.6) is 0 Å². The van der Waals surface area contributed by atoms with E-state index in [1.807, 2.05) is 0 Å². The highest BCUT2D eigenvalue weighted by atomic mass is 79.9. The van der Waals surface area contributed by atoms with E-state index in [4.69, 9.17) is 0 Å². The van der Waals surface area contributed by atoms with Gasteiger partial charge in [-0.1, -0.05) is 22.4 Å². The highest BCUT2D eigenvalue weighted by Crippen LogP contribution is 2.43. The van der Waals surface area contributed by atoms with E-state index in [1.54, 1.807) is 10.8 Å². The van der Waals surface area contributed by atoms with Gasteiger partial charge in [-0.15, -0.1) is 0 Å². The maximum absolute atomic E-state index is 11.3. The molecule has 1 saturated carbocycles. The molecule has 1 aromatic heterocycles. The number of nitro groups is 1. The monoisotopic (exact) mass is 300 g/mol. The van der Waals surface area contributed by atoms with Crippen LogP contribution in [-0.4, -0.2) is 14.8 Å². The summed E-state index contributed by atoms with van der Waals surface area (Å²) >= 11 is 3.49. The van der Waals surface area contributed by atoms with Gasteiger partial charge in [0.05, 0.1) is 11.1 Å². The summed E-state index contributed by atoms with van der Waals surface area (Å²) in [4.78, 5) is 21.3. The molecule has 0 aromatic carbocycles. The Balaban J connectivity index is 2.25. The van der Waals surface area contributed by atoms with Crippen LogP contribution in [0.1, 0.15) is 19.3 Å². The van der Waals surface area contributed by atoms with Gasteiger partial charge in [0.25, 0.3) is 5.43 Å². The number of hydrogen-bond acceptors (Lipinski definition) is 3. The van der Waals surface area contributed by atoms with E-state index in [9.17, 15) is 14.9 Å². The maximum atomic E-state index is 11.3. The second kappa shape index (κ2) is 4.60. The fourth-order valence-corrected chi connectivity index (χ4v) is 2.88. The lowest BCUT2D eigenvalue weighted by atomic mass is 9.70. The molecular weight excluding hydrogens is 288 g/mol. The zero-order valence-electron chi connectivity index (χ0n) is 9.26. The number of hydrogen-bond donors (Lipinski definition) is 0. The predicted molar refractivity (Wildman–Crippen MR) is 67.4 cm³/mol. The molecular formula is C11H13BrN2O3.